The van der Waals surface area contributed by atoms with E-state index in [1.165, 1.54) is 12.1 Å². The van der Waals surface area contributed by atoms with Gasteiger partial charge in [0.15, 0.2) is 0 Å². The van der Waals surface area contributed by atoms with E-state index in [0.29, 0.717) is 5.69 Å². The molecule has 2 aromatic rings. The van der Waals surface area contributed by atoms with Crippen molar-refractivity contribution in [3.63, 3.8) is 0 Å². The van der Waals surface area contributed by atoms with Gasteiger partial charge in [0.1, 0.15) is 5.82 Å². The van der Waals surface area contributed by atoms with Crippen molar-refractivity contribution in [2.24, 2.45) is 0 Å². The monoisotopic (exact) mass is 273 g/mol. The Morgan fingerprint density at radius 3 is 2.45 bits per heavy atom. The van der Waals surface area contributed by atoms with E-state index in [-0.39, 0.29) is 24.8 Å². The Kier molecular flexibility index (Phi) is 4.48. The van der Waals surface area contributed by atoms with Gasteiger partial charge >= 0.3 is 0 Å². The molecule has 0 bridgehead atoms. The summed E-state index contributed by atoms with van der Waals surface area (Å²) in [5.41, 5.74) is 3.10. The number of carbonyl (C=O) groups excluding carboxylic acids is 1. The largest absolute Gasteiger partial charge is 0.392 e. The van der Waals surface area contributed by atoms with Crippen LogP contribution in [0.3, 0.4) is 0 Å². The normalized spacial score (nSPS) is 10.3. The number of aliphatic hydroxyl groups excluding tert-OH is 1. The smallest absolute Gasteiger partial charge is 0.228 e. The zero-order valence-electron chi connectivity index (χ0n) is 11.2. The number of aryl methyl sites for hydroxylation is 1. The molecule has 1 amide bonds. The van der Waals surface area contributed by atoms with Crippen LogP contribution in [-0.4, -0.2) is 11.0 Å². The summed E-state index contributed by atoms with van der Waals surface area (Å²) in [4.78, 5) is 12.0. The van der Waals surface area contributed by atoms with Crippen molar-refractivity contribution < 1.29 is 14.3 Å². The number of nitrogens with one attached hydrogen (secondary N) is 1. The van der Waals surface area contributed by atoms with Gasteiger partial charge in [0, 0.05) is 5.69 Å². The first-order valence-electron chi connectivity index (χ1n) is 6.33. The summed E-state index contributed by atoms with van der Waals surface area (Å²) < 4.78 is 12.8. The molecular formula is C16H16FNO2. The van der Waals surface area contributed by atoms with E-state index in [2.05, 4.69) is 5.32 Å². The van der Waals surface area contributed by atoms with Gasteiger partial charge in [-0.2, -0.15) is 0 Å². The van der Waals surface area contributed by atoms with Crippen LogP contribution >= 0.6 is 0 Å². The Bertz CT molecular complexity index is 608. The van der Waals surface area contributed by atoms with Gasteiger partial charge in [-0.25, -0.2) is 4.39 Å². The van der Waals surface area contributed by atoms with Crippen molar-refractivity contribution in [2.45, 2.75) is 20.0 Å². The minimum Gasteiger partial charge on any atom is -0.392 e. The van der Waals surface area contributed by atoms with Crippen LogP contribution in [0.1, 0.15) is 16.7 Å². The number of benzene rings is 2. The molecule has 0 heterocycles. The molecule has 2 N–H and O–H groups in total. The van der Waals surface area contributed by atoms with Crippen molar-refractivity contribution in [2.75, 3.05) is 5.32 Å². The molecule has 2 aromatic carbocycles. The molecule has 0 aliphatic carbocycles. The molecule has 0 saturated carbocycles. The van der Waals surface area contributed by atoms with E-state index in [1.54, 1.807) is 18.2 Å². The fourth-order valence-corrected chi connectivity index (χ4v) is 1.88. The van der Waals surface area contributed by atoms with Gasteiger partial charge in [0.2, 0.25) is 5.91 Å². The van der Waals surface area contributed by atoms with Crippen LogP contribution in [0.15, 0.2) is 42.5 Å². The van der Waals surface area contributed by atoms with Gasteiger partial charge in [-0.3, -0.25) is 4.79 Å². The maximum atomic E-state index is 12.8. The Balaban J connectivity index is 2.06. The standard InChI is InChI=1S/C16H16FNO2/c1-11-2-3-13(10-19)8-15(11)18-16(20)9-12-4-6-14(17)7-5-12/h2-8,19H,9-10H2,1H3,(H,18,20). The summed E-state index contributed by atoms with van der Waals surface area (Å²) in [6.45, 7) is 1.82. The molecule has 20 heavy (non-hydrogen) atoms. The highest BCUT2D eigenvalue weighted by Gasteiger charge is 2.07. The molecule has 104 valence electrons. The molecular weight excluding hydrogens is 257 g/mol. The Morgan fingerprint density at radius 2 is 1.80 bits per heavy atom. The molecule has 3 nitrogen and oxygen atoms in total. The fourth-order valence-electron chi connectivity index (χ4n) is 1.88. The zero-order chi connectivity index (χ0) is 14.5. The lowest BCUT2D eigenvalue weighted by molar-refractivity contribution is -0.115. The molecule has 4 heteroatoms. The molecule has 0 aromatic heterocycles. The van der Waals surface area contributed by atoms with E-state index in [4.69, 9.17) is 5.11 Å². The van der Waals surface area contributed by atoms with Crippen LogP contribution < -0.4 is 5.32 Å². The first kappa shape index (κ1) is 14.2. The predicted octanol–water partition coefficient (Wildman–Crippen LogP) is 2.81. The minimum atomic E-state index is -0.319. The molecule has 0 radical (unpaired) electrons. The number of hydrogen-bond donors (Lipinski definition) is 2. The lowest BCUT2D eigenvalue weighted by Gasteiger charge is -2.10. The van der Waals surface area contributed by atoms with Crippen molar-refractivity contribution in [1.82, 2.24) is 0 Å². The highest BCUT2D eigenvalue weighted by atomic mass is 19.1. The summed E-state index contributed by atoms with van der Waals surface area (Å²) in [7, 11) is 0. The molecule has 0 saturated heterocycles. The number of amides is 1. The van der Waals surface area contributed by atoms with Crippen LogP contribution in [-0.2, 0) is 17.8 Å². The topological polar surface area (TPSA) is 49.3 Å². The number of anilines is 1. The van der Waals surface area contributed by atoms with Crippen LogP contribution in [0, 0.1) is 12.7 Å². The number of halogens is 1. The number of aliphatic hydroxyl groups is 1. The molecule has 0 spiro atoms. The van der Waals surface area contributed by atoms with E-state index in [9.17, 15) is 9.18 Å². The second-order valence-corrected chi connectivity index (χ2v) is 4.66. The van der Waals surface area contributed by atoms with Crippen molar-refractivity contribution >= 4 is 11.6 Å². The highest BCUT2D eigenvalue weighted by Crippen LogP contribution is 2.17. The summed E-state index contributed by atoms with van der Waals surface area (Å²) in [5.74, 6) is -0.490. The minimum absolute atomic E-state index is 0.0683. The maximum absolute atomic E-state index is 12.8. The fraction of sp³-hybridized carbons (Fsp3) is 0.188. The first-order valence-corrected chi connectivity index (χ1v) is 6.33. The predicted molar refractivity (Wildman–Crippen MR) is 75.8 cm³/mol. The third-order valence-corrected chi connectivity index (χ3v) is 3.04. The first-order chi connectivity index (χ1) is 9.58. The molecule has 0 aliphatic heterocycles. The van der Waals surface area contributed by atoms with Crippen molar-refractivity contribution in [3.8, 4) is 0 Å². The zero-order valence-corrected chi connectivity index (χ0v) is 11.2. The van der Waals surface area contributed by atoms with E-state index in [1.807, 2.05) is 19.1 Å². The summed E-state index contributed by atoms with van der Waals surface area (Å²) in [5, 5.41) is 11.9. The van der Waals surface area contributed by atoms with Gasteiger partial charge in [0.25, 0.3) is 0 Å². The quantitative estimate of drug-likeness (QED) is 0.900. The Hall–Kier alpha value is -2.20. The van der Waals surface area contributed by atoms with Crippen molar-refractivity contribution in [3.05, 3.63) is 65.0 Å². The van der Waals surface area contributed by atoms with E-state index < -0.39 is 0 Å². The molecule has 0 atom stereocenters. The van der Waals surface area contributed by atoms with E-state index >= 15 is 0 Å². The van der Waals surface area contributed by atoms with Crippen LogP contribution in [0.2, 0.25) is 0 Å². The molecule has 0 fully saturated rings. The van der Waals surface area contributed by atoms with Gasteiger partial charge in [0.05, 0.1) is 13.0 Å². The van der Waals surface area contributed by atoms with Gasteiger partial charge in [-0.05, 0) is 41.8 Å². The molecule has 0 unspecified atom stereocenters. The third-order valence-electron chi connectivity index (χ3n) is 3.04. The molecule has 2 rings (SSSR count). The van der Waals surface area contributed by atoms with E-state index in [0.717, 1.165) is 16.7 Å². The summed E-state index contributed by atoms with van der Waals surface area (Å²) in [6, 6.07) is 11.3. The van der Waals surface area contributed by atoms with Crippen LogP contribution in [0.4, 0.5) is 10.1 Å². The van der Waals surface area contributed by atoms with Crippen molar-refractivity contribution in [1.29, 1.82) is 0 Å². The Labute approximate surface area is 117 Å². The van der Waals surface area contributed by atoms with Gasteiger partial charge in [-0.1, -0.05) is 24.3 Å². The van der Waals surface area contributed by atoms with Gasteiger partial charge < -0.3 is 10.4 Å². The second kappa shape index (κ2) is 6.30. The highest BCUT2D eigenvalue weighted by molar-refractivity contribution is 5.93. The van der Waals surface area contributed by atoms with Crippen LogP contribution in [0.25, 0.3) is 0 Å². The lowest BCUT2D eigenvalue weighted by atomic mass is 10.1. The SMILES string of the molecule is Cc1ccc(CO)cc1NC(=O)Cc1ccc(F)cc1. The number of hydrogen-bond acceptors (Lipinski definition) is 2. The average molecular weight is 273 g/mol. The Morgan fingerprint density at radius 1 is 1.15 bits per heavy atom. The average Bonchev–Trinajstić information content (AvgIpc) is 2.44. The third kappa shape index (κ3) is 3.65. The number of carbonyl (C=O) groups is 1. The molecule has 0 aliphatic rings. The van der Waals surface area contributed by atoms with Gasteiger partial charge in [-0.15, -0.1) is 0 Å². The van der Waals surface area contributed by atoms with Crippen LogP contribution in [0.5, 0.6) is 0 Å². The summed E-state index contributed by atoms with van der Waals surface area (Å²) >= 11 is 0. The lowest BCUT2D eigenvalue weighted by Crippen LogP contribution is -2.15. The number of rotatable bonds is 4. The maximum Gasteiger partial charge on any atom is 0.228 e. The second-order valence-electron chi connectivity index (χ2n) is 4.66. The summed E-state index contributed by atoms with van der Waals surface area (Å²) in [6.07, 6.45) is 0.184.